The van der Waals surface area contributed by atoms with Crippen molar-refractivity contribution in [2.24, 2.45) is 0 Å². The number of morpholine rings is 1. The monoisotopic (exact) mass is 266 g/mol. The van der Waals surface area contributed by atoms with Crippen LogP contribution in [-0.2, 0) is 17.8 Å². The molecule has 1 saturated heterocycles. The summed E-state index contributed by atoms with van der Waals surface area (Å²) in [4.78, 5) is 2.38. The van der Waals surface area contributed by atoms with E-state index in [9.17, 15) is 0 Å². The molecule has 1 aliphatic rings. The lowest BCUT2D eigenvalue weighted by Crippen LogP contribution is -2.40. The van der Waals surface area contributed by atoms with E-state index in [0.29, 0.717) is 6.10 Å². The van der Waals surface area contributed by atoms with E-state index in [1.54, 1.807) is 0 Å². The van der Waals surface area contributed by atoms with Crippen LogP contribution in [-0.4, -0.2) is 36.2 Å². The van der Waals surface area contributed by atoms with Crippen LogP contribution in [0.5, 0.6) is 0 Å². The summed E-state index contributed by atoms with van der Waals surface area (Å²) in [6.45, 7) is 13.1. The maximum Gasteiger partial charge on any atom is 0.118 e. The number of nitrogens with zero attached hydrogens (tertiary/aromatic N) is 1. The summed E-state index contributed by atoms with van der Waals surface area (Å²) in [7, 11) is 0. The van der Waals surface area contributed by atoms with Gasteiger partial charge in [0.1, 0.15) is 5.76 Å². The lowest BCUT2D eigenvalue weighted by atomic mass is 10.1. The Bertz CT molecular complexity index is 395. The Morgan fingerprint density at radius 3 is 2.89 bits per heavy atom. The van der Waals surface area contributed by atoms with Gasteiger partial charge in [0.25, 0.3) is 0 Å². The molecule has 0 aromatic carbocycles. The molecule has 19 heavy (non-hydrogen) atoms. The third-order valence-corrected chi connectivity index (χ3v) is 3.24. The predicted molar refractivity (Wildman–Crippen MR) is 76.0 cm³/mol. The Hall–Kier alpha value is -0.840. The van der Waals surface area contributed by atoms with Crippen molar-refractivity contribution >= 4 is 0 Å². The minimum absolute atomic E-state index is 0.136. The van der Waals surface area contributed by atoms with Crippen LogP contribution in [0.25, 0.3) is 0 Å². The molecule has 0 bridgehead atoms. The van der Waals surface area contributed by atoms with Gasteiger partial charge < -0.3 is 14.5 Å². The number of furan rings is 1. The van der Waals surface area contributed by atoms with E-state index in [0.717, 1.165) is 38.5 Å². The summed E-state index contributed by atoms with van der Waals surface area (Å²) < 4.78 is 11.2. The molecule has 4 nitrogen and oxygen atoms in total. The third kappa shape index (κ3) is 4.97. The molecule has 0 aliphatic carbocycles. The zero-order valence-electron chi connectivity index (χ0n) is 12.5. The van der Waals surface area contributed by atoms with Crippen LogP contribution < -0.4 is 5.32 Å². The fourth-order valence-corrected chi connectivity index (χ4v) is 2.22. The molecule has 4 heteroatoms. The molecule has 0 amide bonds. The summed E-state index contributed by atoms with van der Waals surface area (Å²) in [5, 5.41) is 3.47. The number of hydrogen-bond donors (Lipinski definition) is 1. The van der Waals surface area contributed by atoms with Crippen molar-refractivity contribution in [2.75, 3.05) is 19.7 Å². The molecule has 1 unspecified atom stereocenters. The van der Waals surface area contributed by atoms with Gasteiger partial charge in [-0.25, -0.2) is 0 Å². The van der Waals surface area contributed by atoms with Gasteiger partial charge in [-0.3, -0.25) is 4.90 Å². The van der Waals surface area contributed by atoms with Crippen molar-refractivity contribution in [2.45, 2.75) is 52.4 Å². The fourth-order valence-electron chi connectivity index (χ4n) is 2.22. The van der Waals surface area contributed by atoms with E-state index in [1.807, 2.05) is 6.26 Å². The lowest BCUT2D eigenvalue weighted by molar-refractivity contribution is -0.0230. The molecule has 2 heterocycles. The molecule has 0 saturated carbocycles. The first-order valence-electron chi connectivity index (χ1n) is 7.08. The van der Waals surface area contributed by atoms with Crippen molar-refractivity contribution in [3.63, 3.8) is 0 Å². The maximum absolute atomic E-state index is 5.65. The van der Waals surface area contributed by atoms with Crippen molar-refractivity contribution in [3.05, 3.63) is 23.7 Å². The molecule has 0 spiro atoms. The Morgan fingerprint density at radius 1 is 1.42 bits per heavy atom. The van der Waals surface area contributed by atoms with Crippen molar-refractivity contribution in [1.29, 1.82) is 0 Å². The fraction of sp³-hybridized carbons (Fsp3) is 0.733. The van der Waals surface area contributed by atoms with E-state index >= 15 is 0 Å². The van der Waals surface area contributed by atoms with Crippen LogP contribution >= 0.6 is 0 Å². The average Bonchev–Trinajstić information content (AvgIpc) is 2.73. The summed E-state index contributed by atoms with van der Waals surface area (Å²) in [5.74, 6) is 1.04. The van der Waals surface area contributed by atoms with E-state index < -0.39 is 0 Å². The summed E-state index contributed by atoms with van der Waals surface area (Å²) in [6, 6.07) is 2.15. The van der Waals surface area contributed by atoms with Crippen LogP contribution in [0.1, 0.15) is 39.0 Å². The van der Waals surface area contributed by atoms with Crippen LogP contribution in [0.2, 0.25) is 0 Å². The topological polar surface area (TPSA) is 37.6 Å². The molecule has 1 aromatic heterocycles. The molecule has 1 aromatic rings. The zero-order chi connectivity index (χ0) is 13.9. The van der Waals surface area contributed by atoms with Crippen LogP contribution in [0.15, 0.2) is 16.7 Å². The van der Waals surface area contributed by atoms with Gasteiger partial charge in [-0.2, -0.15) is 0 Å². The molecule has 1 fully saturated rings. The summed E-state index contributed by atoms with van der Waals surface area (Å²) in [6.07, 6.45) is 2.18. The Balaban J connectivity index is 1.83. The minimum atomic E-state index is 0.136. The summed E-state index contributed by atoms with van der Waals surface area (Å²) >= 11 is 0. The first kappa shape index (κ1) is 14.6. The molecule has 1 aliphatic heterocycles. The number of rotatable bonds is 4. The van der Waals surface area contributed by atoms with Gasteiger partial charge in [0.15, 0.2) is 0 Å². The number of nitrogens with one attached hydrogen (secondary N) is 1. The van der Waals surface area contributed by atoms with Gasteiger partial charge in [-0.1, -0.05) is 0 Å². The second-order valence-corrected chi connectivity index (χ2v) is 6.44. The van der Waals surface area contributed by atoms with E-state index in [4.69, 9.17) is 9.15 Å². The van der Waals surface area contributed by atoms with E-state index in [1.165, 1.54) is 5.56 Å². The van der Waals surface area contributed by atoms with Crippen molar-refractivity contribution < 1.29 is 9.15 Å². The number of ether oxygens (including phenoxy) is 1. The van der Waals surface area contributed by atoms with Crippen molar-refractivity contribution in [1.82, 2.24) is 10.2 Å². The smallest absolute Gasteiger partial charge is 0.118 e. The number of hydrogen-bond acceptors (Lipinski definition) is 4. The highest BCUT2D eigenvalue weighted by molar-refractivity contribution is 5.13. The van der Waals surface area contributed by atoms with Gasteiger partial charge in [0.2, 0.25) is 0 Å². The van der Waals surface area contributed by atoms with E-state index in [2.05, 4.69) is 44.0 Å². The molecular formula is C15H26N2O2. The molecule has 1 atom stereocenters. The quantitative estimate of drug-likeness (QED) is 0.908. The van der Waals surface area contributed by atoms with E-state index in [-0.39, 0.29) is 5.54 Å². The van der Waals surface area contributed by atoms with Crippen LogP contribution in [0, 0.1) is 0 Å². The maximum atomic E-state index is 5.65. The first-order valence-corrected chi connectivity index (χ1v) is 7.08. The first-order chi connectivity index (χ1) is 8.92. The standard InChI is InChI=1S/C15H26N2O2/c1-12-9-17(5-6-18-12)10-14-7-13(11-19-14)8-16-15(2,3)4/h7,11-12,16H,5-6,8-10H2,1-4H3. The predicted octanol–water partition coefficient (Wildman–Crippen LogP) is 2.39. The second kappa shape index (κ2) is 6.07. The Labute approximate surface area is 116 Å². The van der Waals surface area contributed by atoms with Crippen LogP contribution in [0.4, 0.5) is 0 Å². The highest BCUT2D eigenvalue weighted by Gasteiger charge is 2.18. The largest absolute Gasteiger partial charge is 0.468 e. The van der Waals surface area contributed by atoms with Gasteiger partial charge in [0, 0.05) is 30.7 Å². The van der Waals surface area contributed by atoms with Crippen molar-refractivity contribution in [3.8, 4) is 0 Å². The minimum Gasteiger partial charge on any atom is -0.468 e. The zero-order valence-corrected chi connectivity index (χ0v) is 12.5. The van der Waals surface area contributed by atoms with Gasteiger partial charge in [0.05, 0.1) is 25.5 Å². The highest BCUT2D eigenvalue weighted by atomic mass is 16.5. The third-order valence-electron chi connectivity index (χ3n) is 3.24. The Morgan fingerprint density at radius 2 is 2.21 bits per heavy atom. The lowest BCUT2D eigenvalue weighted by Gasteiger charge is -2.30. The molecule has 1 N–H and O–H groups in total. The average molecular weight is 266 g/mol. The SMILES string of the molecule is CC1CN(Cc2cc(CNC(C)(C)C)co2)CCO1. The second-order valence-electron chi connectivity index (χ2n) is 6.44. The van der Waals surface area contributed by atoms with Gasteiger partial charge in [-0.05, 0) is 33.8 Å². The summed E-state index contributed by atoms with van der Waals surface area (Å²) in [5.41, 5.74) is 1.35. The highest BCUT2D eigenvalue weighted by Crippen LogP contribution is 2.14. The molecular weight excluding hydrogens is 240 g/mol. The molecule has 108 valence electrons. The molecule has 0 radical (unpaired) electrons. The molecule has 2 rings (SSSR count). The Kier molecular flexibility index (Phi) is 4.66. The van der Waals surface area contributed by atoms with Gasteiger partial charge >= 0.3 is 0 Å². The normalized spacial score (nSPS) is 21.8. The van der Waals surface area contributed by atoms with Gasteiger partial charge in [-0.15, -0.1) is 0 Å². The van der Waals surface area contributed by atoms with Crippen LogP contribution in [0.3, 0.4) is 0 Å².